The Hall–Kier alpha value is -3.37. The Kier molecular flexibility index (Phi) is 6.02. The first-order valence-corrected chi connectivity index (χ1v) is 8.67. The number of benzene rings is 3. The minimum Gasteiger partial charge on any atom is -0.488 e. The molecule has 4 heteroatoms. The zero-order chi connectivity index (χ0) is 19.1. The summed E-state index contributed by atoms with van der Waals surface area (Å²) in [5.41, 5.74) is 10.3. The summed E-state index contributed by atoms with van der Waals surface area (Å²) in [7, 11) is 0. The van der Waals surface area contributed by atoms with Gasteiger partial charge in [-0.25, -0.2) is 4.79 Å². The smallest absolute Gasteiger partial charge is 0.328 e. The highest BCUT2D eigenvalue weighted by molar-refractivity contribution is 5.95. The quantitative estimate of drug-likeness (QED) is 0.684. The summed E-state index contributed by atoms with van der Waals surface area (Å²) in [4.78, 5) is 11.0. The monoisotopic (exact) mass is 359 g/mol. The van der Waals surface area contributed by atoms with Crippen LogP contribution in [0.4, 0.5) is 0 Å². The predicted octanol–water partition coefficient (Wildman–Crippen LogP) is 4.24. The molecule has 4 rings (SSSR count). The number of aliphatic carboxylic acids is 1. The second-order valence-corrected chi connectivity index (χ2v) is 6.06. The van der Waals surface area contributed by atoms with Crippen LogP contribution in [0.3, 0.4) is 0 Å². The molecule has 0 bridgehead atoms. The summed E-state index contributed by atoms with van der Waals surface area (Å²) in [6, 6.07) is 25.2. The Balaban J connectivity index is 0.000000216. The molecule has 0 aliphatic carbocycles. The summed E-state index contributed by atoms with van der Waals surface area (Å²) in [6.07, 6.45) is 1.23. The van der Waals surface area contributed by atoms with E-state index >= 15 is 0 Å². The molecule has 0 amide bonds. The van der Waals surface area contributed by atoms with Crippen molar-refractivity contribution < 1.29 is 14.6 Å². The van der Waals surface area contributed by atoms with E-state index in [0.717, 1.165) is 29.0 Å². The van der Waals surface area contributed by atoms with Crippen LogP contribution in [0.2, 0.25) is 0 Å². The van der Waals surface area contributed by atoms with Gasteiger partial charge in [-0.15, -0.1) is 0 Å². The lowest BCUT2D eigenvalue weighted by Gasteiger charge is -2.18. The Morgan fingerprint density at radius 1 is 0.963 bits per heavy atom. The number of carboxylic acids is 1. The summed E-state index contributed by atoms with van der Waals surface area (Å²) >= 11 is 0. The lowest BCUT2D eigenvalue weighted by molar-refractivity contribution is -0.131. The second kappa shape index (κ2) is 8.83. The molecule has 0 radical (unpaired) electrons. The van der Waals surface area contributed by atoms with Crippen LogP contribution < -0.4 is 10.5 Å². The van der Waals surface area contributed by atoms with E-state index in [2.05, 4.69) is 6.07 Å². The minimum atomic E-state index is -0.961. The van der Waals surface area contributed by atoms with Crippen LogP contribution in [0.1, 0.15) is 22.3 Å². The number of carbonyl (C=O) groups is 1. The van der Waals surface area contributed by atoms with Gasteiger partial charge in [-0.2, -0.15) is 0 Å². The van der Waals surface area contributed by atoms with Crippen molar-refractivity contribution in [2.24, 2.45) is 5.73 Å². The van der Waals surface area contributed by atoms with Gasteiger partial charge in [0.25, 0.3) is 0 Å². The molecule has 1 heterocycles. The van der Waals surface area contributed by atoms with E-state index in [1.165, 1.54) is 11.6 Å². The number of fused-ring (bicyclic) bond motifs is 1. The molecule has 3 N–H and O–H groups in total. The Labute approximate surface area is 158 Å². The topological polar surface area (TPSA) is 72.6 Å². The maximum absolute atomic E-state index is 11.0. The highest BCUT2D eigenvalue weighted by atomic mass is 16.5. The van der Waals surface area contributed by atoms with Gasteiger partial charge in [-0.1, -0.05) is 66.7 Å². The molecule has 0 unspecified atom stereocenters. The lowest BCUT2D eigenvalue weighted by atomic mass is 9.96. The molecule has 136 valence electrons. The van der Waals surface area contributed by atoms with E-state index in [1.807, 2.05) is 72.8 Å². The van der Waals surface area contributed by atoms with Crippen LogP contribution in [0, 0.1) is 0 Å². The molecule has 1 aliphatic rings. The summed E-state index contributed by atoms with van der Waals surface area (Å²) < 4.78 is 5.08. The average molecular weight is 359 g/mol. The highest BCUT2D eigenvalue weighted by Crippen LogP contribution is 2.27. The molecule has 0 saturated carbocycles. The van der Waals surface area contributed by atoms with E-state index in [0.29, 0.717) is 12.1 Å². The first kappa shape index (κ1) is 18.4. The Morgan fingerprint density at radius 3 is 2.22 bits per heavy atom. The Bertz CT molecular complexity index is 926. The minimum absolute atomic E-state index is 0.434. The van der Waals surface area contributed by atoms with Gasteiger partial charge in [0.1, 0.15) is 12.4 Å². The van der Waals surface area contributed by atoms with E-state index in [1.54, 1.807) is 0 Å². The zero-order valence-corrected chi connectivity index (χ0v) is 14.8. The molecule has 0 spiro atoms. The van der Waals surface area contributed by atoms with Crippen molar-refractivity contribution in [3.05, 3.63) is 107 Å². The van der Waals surface area contributed by atoms with Gasteiger partial charge in [-0.05, 0) is 34.4 Å². The van der Waals surface area contributed by atoms with E-state index in [4.69, 9.17) is 15.6 Å². The van der Waals surface area contributed by atoms with Crippen LogP contribution >= 0.6 is 0 Å². The number of para-hydroxylation sites is 1. The number of carboxylic acid groups (broad SMARTS) is 1. The molecule has 27 heavy (non-hydrogen) atoms. The van der Waals surface area contributed by atoms with E-state index < -0.39 is 5.97 Å². The predicted molar refractivity (Wildman–Crippen MR) is 106 cm³/mol. The number of ether oxygens (including phenoxy) is 1. The maximum Gasteiger partial charge on any atom is 0.328 e. The fourth-order valence-corrected chi connectivity index (χ4v) is 2.78. The summed E-state index contributed by atoms with van der Waals surface area (Å²) in [5.74, 6) is 0.0875. The van der Waals surface area contributed by atoms with Crippen molar-refractivity contribution in [2.45, 2.75) is 13.2 Å². The van der Waals surface area contributed by atoms with Crippen molar-refractivity contribution in [1.29, 1.82) is 0 Å². The SMILES string of the molecule is NCc1cccc(/C(=C/C(=O)O)c2ccccc2)c1.c1ccc2c(c1)CO2. The van der Waals surface area contributed by atoms with Crippen molar-refractivity contribution in [1.82, 2.24) is 0 Å². The molecule has 0 fully saturated rings. The van der Waals surface area contributed by atoms with Crippen molar-refractivity contribution in [3.8, 4) is 5.75 Å². The number of hydrogen-bond donors (Lipinski definition) is 2. The van der Waals surface area contributed by atoms with Crippen molar-refractivity contribution in [2.75, 3.05) is 0 Å². The van der Waals surface area contributed by atoms with Gasteiger partial charge < -0.3 is 15.6 Å². The summed E-state index contributed by atoms with van der Waals surface area (Å²) in [6.45, 7) is 1.24. The molecule has 0 saturated heterocycles. The number of nitrogens with two attached hydrogens (primary N) is 1. The zero-order valence-electron chi connectivity index (χ0n) is 14.8. The molecular weight excluding hydrogens is 338 g/mol. The van der Waals surface area contributed by atoms with Crippen molar-refractivity contribution >= 4 is 11.5 Å². The molecule has 0 atom stereocenters. The third-order valence-corrected chi connectivity index (χ3v) is 4.18. The van der Waals surface area contributed by atoms with Gasteiger partial charge in [-0.3, -0.25) is 0 Å². The molecule has 1 aliphatic heterocycles. The van der Waals surface area contributed by atoms with Gasteiger partial charge in [0.2, 0.25) is 0 Å². The van der Waals surface area contributed by atoms with Crippen LogP contribution in [-0.4, -0.2) is 11.1 Å². The normalized spacial score (nSPS) is 12.0. The third-order valence-electron chi connectivity index (χ3n) is 4.18. The standard InChI is InChI=1S/C16H15NO2.C7H6O/c17-11-12-5-4-8-14(9-12)15(10-16(18)19)13-6-2-1-3-7-13;1-2-4-7-6(3-1)5-8-7/h1-10H,11,17H2,(H,18,19);1-4H,5H2/b15-10+;. The van der Waals surface area contributed by atoms with Gasteiger partial charge in [0, 0.05) is 18.2 Å². The highest BCUT2D eigenvalue weighted by Gasteiger charge is 2.10. The fraction of sp³-hybridized carbons (Fsp3) is 0.0870. The van der Waals surface area contributed by atoms with Gasteiger partial charge in [0.05, 0.1) is 0 Å². The van der Waals surface area contributed by atoms with Crippen LogP contribution in [0.25, 0.3) is 5.57 Å². The first-order chi connectivity index (χ1) is 13.2. The van der Waals surface area contributed by atoms with Crippen LogP contribution in [0.5, 0.6) is 5.75 Å². The average Bonchev–Trinajstić information content (AvgIpc) is 2.68. The van der Waals surface area contributed by atoms with E-state index in [-0.39, 0.29) is 0 Å². The second-order valence-electron chi connectivity index (χ2n) is 6.06. The van der Waals surface area contributed by atoms with Gasteiger partial charge in [0.15, 0.2) is 0 Å². The third kappa shape index (κ3) is 4.84. The number of hydrogen-bond acceptors (Lipinski definition) is 3. The van der Waals surface area contributed by atoms with Gasteiger partial charge >= 0.3 is 5.97 Å². The molecule has 0 aromatic heterocycles. The Morgan fingerprint density at radius 2 is 1.67 bits per heavy atom. The van der Waals surface area contributed by atoms with Crippen LogP contribution in [0.15, 0.2) is 84.9 Å². The van der Waals surface area contributed by atoms with Crippen molar-refractivity contribution in [3.63, 3.8) is 0 Å². The lowest BCUT2D eigenvalue weighted by Crippen LogP contribution is -2.07. The first-order valence-electron chi connectivity index (χ1n) is 8.67. The molecule has 4 nitrogen and oxygen atoms in total. The maximum atomic E-state index is 11.0. The van der Waals surface area contributed by atoms with Crippen LogP contribution in [-0.2, 0) is 17.9 Å². The number of rotatable bonds is 4. The molecule has 3 aromatic rings. The summed E-state index contributed by atoms with van der Waals surface area (Å²) in [5, 5.41) is 9.03. The fourth-order valence-electron chi connectivity index (χ4n) is 2.78. The largest absolute Gasteiger partial charge is 0.488 e. The molecule has 3 aromatic carbocycles. The molecular formula is C23H21NO3. The van der Waals surface area contributed by atoms with E-state index in [9.17, 15) is 4.79 Å².